The predicted octanol–water partition coefficient (Wildman–Crippen LogP) is 4.97. The first-order valence-electron chi connectivity index (χ1n) is 7.89. The molecule has 1 aliphatic carbocycles. The van der Waals surface area contributed by atoms with E-state index in [-0.39, 0.29) is 5.41 Å². The smallest absolute Gasteiger partial charge is 0.0115 e. The van der Waals surface area contributed by atoms with E-state index >= 15 is 0 Å². The molecule has 0 amide bonds. The number of hydrogen-bond donors (Lipinski definition) is 1. The molecule has 1 N–H and O–H groups in total. The number of hydrogen-bond acceptors (Lipinski definition) is 2. The highest BCUT2D eigenvalue weighted by Crippen LogP contribution is 2.29. The van der Waals surface area contributed by atoms with E-state index in [1.54, 1.807) is 0 Å². The van der Waals surface area contributed by atoms with Gasteiger partial charge in [0.1, 0.15) is 0 Å². The summed E-state index contributed by atoms with van der Waals surface area (Å²) in [6.45, 7) is 8.17. The van der Waals surface area contributed by atoms with Gasteiger partial charge in [-0.2, -0.15) is 0 Å². The van der Waals surface area contributed by atoms with Gasteiger partial charge in [0, 0.05) is 22.9 Å². The van der Waals surface area contributed by atoms with E-state index in [1.807, 2.05) is 11.3 Å². The van der Waals surface area contributed by atoms with E-state index in [1.165, 1.54) is 43.4 Å². The summed E-state index contributed by atoms with van der Waals surface area (Å²) in [5.74, 6) is 0.983. The second kappa shape index (κ2) is 6.90. The third kappa shape index (κ3) is 4.32. The van der Waals surface area contributed by atoms with Crippen molar-refractivity contribution in [3.8, 4) is 0 Å². The van der Waals surface area contributed by atoms with Crippen LogP contribution in [-0.2, 0) is 5.41 Å². The summed E-state index contributed by atoms with van der Waals surface area (Å²) < 4.78 is 0. The highest BCUT2D eigenvalue weighted by Gasteiger charge is 2.24. The lowest BCUT2D eigenvalue weighted by Crippen LogP contribution is -2.38. The minimum Gasteiger partial charge on any atom is -0.313 e. The Morgan fingerprint density at radius 3 is 2.79 bits per heavy atom. The van der Waals surface area contributed by atoms with Crippen LogP contribution in [0.1, 0.15) is 64.2 Å². The first kappa shape index (κ1) is 15.1. The highest BCUT2D eigenvalue weighted by atomic mass is 32.1. The van der Waals surface area contributed by atoms with Gasteiger partial charge in [0.15, 0.2) is 0 Å². The van der Waals surface area contributed by atoms with Crippen molar-refractivity contribution in [3.05, 3.63) is 22.4 Å². The number of thiophene rings is 1. The third-order valence-corrected chi connectivity index (χ3v) is 5.92. The predicted molar refractivity (Wildman–Crippen MR) is 86.0 cm³/mol. The molecule has 1 aromatic rings. The molecule has 2 atom stereocenters. The van der Waals surface area contributed by atoms with Crippen molar-refractivity contribution in [1.29, 1.82) is 0 Å². The quantitative estimate of drug-likeness (QED) is 0.750. The Morgan fingerprint density at radius 1 is 1.26 bits per heavy atom. The molecular formula is C17H29NS. The maximum atomic E-state index is 3.84. The fourth-order valence-corrected chi connectivity index (χ4v) is 3.99. The standard InChI is InChI=1S/C17H29NS/c1-4-14-7-5-8-15(11-10-14)18-13-17(2,3)16-9-6-12-19-16/h6,9,12,14-15,18H,4-5,7-8,10-11,13H2,1-3H3. The molecule has 1 fully saturated rings. The summed E-state index contributed by atoms with van der Waals surface area (Å²) in [6.07, 6.45) is 8.40. The summed E-state index contributed by atoms with van der Waals surface area (Å²) in [5, 5.41) is 6.03. The van der Waals surface area contributed by atoms with Crippen molar-refractivity contribution in [2.75, 3.05) is 6.54 Å². The van der Waals surface area contributed by atoms with Crippen molar-refractivity contribution in [2.45, 2.75) is 70.8 Å². The summed E-state index contributed by atoms with van der Waals surface area (Å²) in [5.41, 5.74) is 0.268. The van der Waals surface area contributed by atoms with Crippen LogP contribution in [0.25, 0.3) is 0 Å². The maximum absolute atomic E-state index is 3.84. The van der Waals surface area contributed by atoms with Gasteiger partial charge in [-0.25, -0.2) is 0 Å². The van der Waals surface area contributed by atoms with Gasteiger partial charge < -0.3 is 5.32 Å². The molecule has 2 unspecified atom stereocenters. The first-order chi connectivity index (χ1) is 9.12. The van der Waals surface area contributed by atoms with Crippen molar-refractivity contribution in [1.82, 2.24) is 5.32 Å². The van der Waals surface area contributed by atoms with Gasteiger partial charge in [-0.1, -0.05) is 46.1 Å². The fraction of sp³-hybridized carbons (Fsp3) is 0.765. The van der Waals surface area contributed by atoms with Crippen LogP contribution in [0.4, 0.5) is 0 Å². The van der Waals surface area contributed by atoms with Crippen molar-refractivity contribution in [2.24, 2.45) is 5.92 Å². The van der Waals surface area contributed by atoms with Gasteiger partial charge >= 0.3 is 0 Å². The second-order valence-electron chi connectivity index (χ2n) is 6.72. The minimum atomic E-state index is 0.268. The molecule has 0 aliphatic heterocycles. The zero-order valence-electron chi connectivity index (χ0n) is 12.7. The van der Waals surface area contributed by atoms with Crippen LogP contribution in [-0.4, -0.2) is 12.6 Å². The number of rotatable bonds is 5. The van der Waals surface area contributed by atoms with Crippen molar-refractivity contribution >= 4 is 11.3 Å². The zero-order chi connectivity index (χ0) is 13.7. The lowest BCUT2D eigenvalue weighted by atomic mass is 9.90. The molecule has 0 spiro atoms. The van der Waals surface area contributed by atoms with Gasteiger partial charge in [0.2, 0.25) is 0 Å². The first-order valence-corrected chi connectivity index (χ1v) is 8.77. The minimum absolute atomic E-state index is 0.268. The van der Waals surface area contributed by atoms with Gasteiger partial charge in [-0.05, 0) is 36.6 Å². The van der Waals surface area contributed by atoms with Gasteiger partial charge in [0.05, 0.1) is 0 Å². The molecule has 19 heavy (non-hydrogen) atoms. The van der Waals surface area contributed by atoms with Gasteiger partial charge in [-0.3, -0.25) is 0 Å². The average molecular weight is 279 g/mol. The molecule has 0 saturated heterocycles. The molecule has 0 bridgehead atoms. The maximum Gasteiger partial charge on any atom is 0.0115 e. The van der Waals surface area contributed by atoms with Crippen LogP contribution in [0.5, 0.6) is 0 Å². The largest absolute Gasteiger partial charge is 0.313 e. The van der Waals surface area contributed by atoms with Crippen LogP contribution in [0.3, 0.4) is 0 Å². The van der Waals surface area contributed by atoms with Crippen molar-refractivity contribution in [3.63, 3.8) is 0 Å². The van der Waals surface area contributed by atoms with Crippen LogP contribution >= 0.6 is 11.3 Å². The average Bonchev–Trinajstić information content (AvgIpc) is 2.84. The van der Waals surface area contributed by atoms with Crippen LogP contribution in [0, 0.1) is 5.92 Å². The summed E-state index contributed by atoms with van der Waals surface area (Å²) in [7, 11) is 0. The van der Waals surface area contributed by atoms with E-state index in [0.29, 0.717) is 0 Å². The molecule has 2 heteroatoms. The Labute approximate surface area is 122 Å². The van der Waals surface area contributed by atoms with Crippen LogP contribution < -0.4 is 5.32 Å². The van der Waals surface area contributed by atoms with Crippen LogP contribution in [0.2, 0.25) is 0 Å². The molecular weight excluding hydrogens is 250 g/mol. The van der Waals surface area contributed by atoms with E-state index in [0.717, 1.165) is 18.5 Å². The Bertz CT molecular complexity index is 355. The lowest BCUT2D eigenvalue weighted by Gasteiger charge is -2.27. The molecule has 1 heterocycles. The van der Waals surface area contributed by atoms with Crippen LogP contribution in [0.15, 0.2) is 17.5 Å². The van der Waals surface area contributed by atoms with Gasteiger partial charge in [0.25, 0.3) is 0 Å². The summed E-state index contributed by atoms with van der Waals surface area (Å²) >= 11 is 1.88. The lowest BCUT2D eigenvalue weighted by molar-refractivity contribution is 0.387. The normalized spacial score (nSPS) is 25.2. The monoisotopic (exact) mass is 279 g/mol. The molecule has 1 aliphatic rings. The van der Waals surface area contributed by atoms with E-state index < -0.39 is 0 Å². The Hall–Kier alpha value is -0.340. The topological polar surface area (TPSA) is 12.0 Å². The SMILES string of the molecule is CCC1CCCC(NCC(C)(C)c2cccs2)CC1. The molecule has 1 saturated carbocycles. The zero-order valence-corrected chi connectivity index (χ0v) is 13.6. The molecule has 0 radical (unpaired) electrons. The molecule has 2 rings (SSSR count). The Kier molecular flexibility index (Phi) is 5.47. The molecule has 108 valence electrons. The Balaban J connectivity index is 1.82. The summed E-state index contributed by atoms with van der Waals surface area (Å²) in [6, 6.07) is 5.18. The highest BCUT2D eigenvalue weighted by molar-refractivity contribution is 7.10. The molecule has 0 aromatic carbocycles. The third-order valence-electron chi connectivity index (χ3n) is 4.69. The summed E-state index contributed by atoms with van der Waals surface area (Å²) in [4.78, 5) is 1.50. The fourth-order valence-electron chi connectivity index (χ4n) is 3.14. The van der Waals surface area contributed by atoms with Gasteiger partial charge in [-0.15, -0.1) is 11.3 Å². The molecule has 1 aromatic heterocycles. The molecule has 1 nitrogen and oxygen atoms in total. The van der Waals surface area contributed by atoms with Crippen molar-refractivity contribution < 1.29 is 0 Å². The Morgan fingerprint density at radius 2 is 2.11 bits per heavy atom. The van der Waals surface area contributed by atoms with E-state index in [2.05, 4.69) is 43.6 Å². The second-order valence-corrected chi connectivity index (χ2v) is 7.67. The van der Waals surface area contributed by atoms with E-state index in [9.17, 15) is 0 Å². The number of nitrogens with one attached hydrogen (secondary N) is 1. The van der Waals surface area contributed by atoms with E-state index in [4.69, 9.17) is 0 Å².